The maximum absolute atomic E-state index is 12.2. The number of halogens is 1. The summed E-state index contributed by atoms with van der Waals surface area (Å²) < 4.78 is 6.07. The molecular formula is C13H14BrN3O2. The summed E-state index contributed by atoms with van der Waals surface area (Å²) in [5, 5.41) is 9.48. The Balaban J connectivity index is 2.16. The second kappa shape index (κ2) is 5.88. The van der Waals surface area contributed by atoms with Crippen molar-refractivity contribution in [3.8, 4) is 5.75 Å². The van der Waals surface area contributed by atoms with E-state index in [9.17, 15) is 4.79 Å². The van der Waals surface area contributed by atoms with E-state index in [2.05, 4.69) is 31.4 Å². The van der Waals surface area contributed by atoms with E-state index in [-0.39, 0.29) is 11.9 Å². The average molecular weight is 324 g/mol. The molecule has 0 spiro atoms. The average Bonchev–Trinajstić information content (AvgIpc) is 2.92. The van der Waals surface area contributed by atoms with Crippen LogP contribution in [-0.4, -0.2) is 23.2 Å². The lowest BCUT2D eigenvalue weighted by molar-refractivity contribution is 0.0937. The summed E-state index contributed by atoms with van der Waals surface area (Å²) in [4.78, 5) is 12.2. The molecule has 0 aliphatic rings. The molecule has 2 aromatic rings. The monoisotopic (exact) mass is 323 g/mol. The third-order valence-corrected chi connectivity index (χ3v) is 3.27. The van der Waals surface area contributed by atoms with E-state index in [4.69, 9.17) is 4.74 Å². The van der Waals surface area contributed by atoms with Gasteiger partial charge in [0.05, 0.1) is 24.9 Å². The Kier molecular flexibility index (Phi) is 4.21. The number of nitrogens with zero attached hydrogens (tertiary/aromatic N) is 1. The minimum atomic E-state index is -0.182. The number of hydrogen-bond donors (Lipinski definition) is 2. The summed E-state index contributed by atoms with van der Waals surface area (Å²) in [6.45, 7) is 1.90. The molecule has 100 valence electrons. The zero-order valence-corrected chi connectivity index (χ0v) is 12.2. The summed E-state index contributed by atoms with van der Waals surface area (Å²) in [7, 11) is 1.54. The number of hydrogen-bond acceptors (Lipinski definition) is 3. The number of rotatable bonds is 4. The number of aromatic amines is 1. The first-order chi connectivity index (χ1) is 9.11. The van der Waals surface area contributed by atoms with Gasteiger partial charge in [-0.1, -0.05) is 15.9 Å². The number of carbonyl (C=O) groups excluding carboxylic acids is 1. The molecule has 1 amide bonds. The van der Waals surface area contributed by atoms with E-state index in [1.165, 1.54) is 7.11 Å². The van der Waals surface area contributed by atoms with Crippen LogP contribution in [0.25, 0.3) is 0 Å². The fourth-order valence-corrected chi connectivity index (χ4v) is 2.05. The quantitative estimate of drug-likeness (QED) is 0.909. The molecule has 1 unspecified atom stereocenters. The Labute approximate surface area is 119 Å². The lowest BCUT2D eigenvalue weighted by Crippen LogP contribution is -2.26. The van der Waals surface area contributed by atoms with Gasteiger partial charge >= 0.3 is 0 Å². The molecule has 1 aromatic heterocycles. The minimum absolute atomic E-state index is 0.125. The highest BCUT2D eigenvalue weighted by atomic mass is 79.9. The third kappa shape index (κ3) is 3.14. The van der Waals surface area contributed by atoms with Crippen molar-refractivity contribution in [3.05, 3.63) is 46.2 Å². The van der Waals surface area contributed by atoms with Gasteiger partial charge in [0.25, 0.3) is 5.91 Å². The molecule has 0 radical (unpaired) electrons. The summed E-state index contributed by atoms with van der Waals surface area (Å²) in [6, 6.07) is 5.16. The minimum Gasteiger partial charge on any atom is -0.496 e. The molecule has 2 N–H and O–H groups in total. The van der Waals surface area contributed by atoms with E-state index in [1.54, 1.807) is 30.6 Å². The van der Waals surface area contributed by atoms with Gasteiger partial charge in [0.1, 0.15) is 5.75 Å². The maximum Gasteiger partial charge on any atom is 0.255 e. The number of nitrogens with one attached hydrogen (secondary N) is 2. The number of methoxy groups -OCH3 is 1. The second-order valence-electron chi connectivity index (χ2n) is 4.07. The van der Waals surface area contributed by atoms with Gasteiger partial charge in [0, 0.05) is 16.2 Å². The molecule has 0 fully saturated rings. The van der Waals surface area contributed by atoms with Crippen molar-refractivity contribution in [1.82, 2.24) is 15.5 Å². The van der Waals surface area contributed by atoms with Gasteiger partial charge < -0.3 is 10.1 Å². The number of aromatic nitrogens is 2. The molecule has 1 aromatic carbocycles. The van der Waals surface area contributed by atoms with E-state index in [0.29, 0.717) is 11.3 Å². The molecule has 5 nitrogen and oxygen atoms in total. The van der Waals surface area contributed by atoms with Gasteiger partial charge in [-0.25, -0.2) is 0 Å². The van der Waals surface area contributed by atoms with E-state index in [0.717, 1.165) is 10.0 Å². The van der Waals surface area contributed by atoms with Crippen molar-refractivity contribution in [3.63, 3.8) is 0 Å². The molecule has 19 heavy (non-hydrogen) atoms. The highest BCUT2D eigenvalue weighted by Crippen LogP contribution is 2.24. The summed E-state index contributed by atoms with van der Waals surface area (Å²) in [5.74, 6) is 0.351. The van der Waals surface area contributed by atoms with Crippen LogP contribution in [0.4, 0.5) is 0 Å². The van der Waals surface area contributed by atoms with Gasteiger partial charge in [-0.05, 0) is 25.1 Å². The van der Waals surface area contributed by atoms with Crippen LogP contribution in [0.15, 0.2) is 35.1 Å². The third-order valence-electron chi connectivity index (χ3n) is 2.78. The Bertz CT molecular complexity index is 569. The first-order valence-corrected chi connectivity index (χ1v) is 6.54. The van der Waals surface area contributed by atoms with Crippen molar-refractivity contribution in [1.29, 1.82) is 0 Å². The normalized spacial score (nSPS) is 11.9. The molecule has 6 heteroatoms. The summed E-state index contributed by atoms with van der Waals surface area (Å²) in [5.41, 5.74) is 1.42. The number of ether oxygens (including phenoxy) is 1. The number of H-pyrrole nitrogens is 1. The molecule has 2 rings (SSSR count). The first-order valence-electron chi connectivity index (χ1n) is 5.75. The molecule has 0 aliphatic carbocycles. The van der Waals surface area contributed by atoms with Crippen molar-refractivity contribution >= 4 is 21.8 Å². The van der Waals surface area contributed by atoms with Crippen molar-refractivity contribution in [2.75, 3.05) is 7.11 Å². The Morgan fingerprint density at radius 1 is 1.53 bits per heavy atom. The van der Waals surface area contributed by atoms with Crippen LogP contribution in [0.2, 0.25) is 0 Å². The van der Waals surface area contributed by atoms with E-state index in [1.807, 2.05) is 6.92 Å². The predicted octanol–water partition coefficient (Wildman–Crippen LogP) is 2.67. The zero-order valence-electron chi connectivity index (χ0n) is 10.6. The molecule has 0 saturated carbocycles. The molecule has 0 bridgehead atoms. The summed E-state index contributed by atoms with van der Waals surface area (Å²) in [6.07, 6.45) is 3.44. The van der Waals surface area contributed by atoms with Crippen LogP contribution >= 0.6 is 15.9 Å². The van der Waals surface area contributed by atoms with Crippen LogP contribution in [0.5, 0.6) is 5.75 Å². The van der Waals surface area contributed by atoms with Crippen LogP contribution in [0, 0.1) is 0 Å². The second-order valence-corrected chi connectivity index (χ2v) is 4.99. The Morgan fingerprint density at radius 2 is 2.32 bits per heavy atom. The lowest BCUT2D eigenvalue weighted by atomic mass is 10.1. The van der Waals surface area contributed by atoms with Gasteiger partial charge in [-0.3, -0.25) is 9.89 Å². The predicted molar refractivity (Wildman–Crippen MR) is 75.2 cm³/mol. The number of carbonyl (C=O) groups is 1. The number of benzene rings is 1. The molecule has 1 heterocycles. The van der Waals surface area contributed by atoms with Gasteiger partial charge in [-0.15, -0.1) is 0 Å². The molecule has 0 saturated heterocycles. The van der Waals surface area contributed by atoms with Gasteiger partial charge in [0.15, 0.2) is 0 Å². The van der Waals surface area contributed by atoms with Crippen molar-refractivity contribution in [2.24, 2.45) is 0 Å². The fourth-order valence-electron chi connectivity index (χ4n) is 1.71. The first kappa shape index (κ1) is 13.6. The van der Waals surface area contributed by atoms with E-state index < -0.39 is 0 Å². The van der Waals surface area contributed by atoms with Crippen LogP contribution in [0.3, 0.4) is 0 Å². The van der Waals surface area contributed by atoms with Crippen LogP contribution < -0.4 is 10.1 Å². The maximum atomic E-state index is 12.2. The van der Waals surface area contributed by atoms with Crippen LogP contribution in [0.1, 0.15) is 28.9 Å². The SMILES string of the molecule is COc1cc(Br)ccc1C(=O)NC(C)c1cn[nH]c1. The Hall–Kier alpha value is -1.82. The molecule has 1 atom stereocenters. The standard InChI is InChI=1S/C13H14BrN3O2/c1-8(9-6-15-16-7-9)17-13(18)11-4-3-10(14)5-12(11)19-2/h3-8H,1-2H3,(H,15,16)(H,17,18). The summed E-state index contributed by atoms with van der Waals surface area (Å²) >= 11 is 3.34. The lowest BCUT2D eigenvalue weighted by Gasteiger charge is -2.14. The zero-order chi connectivity index (χ0) is 13.8. The fraction of sp³-hybridized carbons (Fsp3) is 0.231. The number of amides is 1. The van der Waals surface area contributed by atoms with Crippen molar-refractivity contribution in [2.45, 2.75) is 13.0 Å². The highest BCUT2D eigenvalue weighted by molar-refractivity contribution is 9.10. The smallest absolute Gasteiger partial charge is 0.255 e. The van der Waals surface area contributed by atoms with Gasteiger partial charge in [0.2, 0.25) is 0 Å². The molecular weight excluding hydrogens is 310 g/mol. The Morgan fingerprint density at radius 3 is 2.95 bits per heavy atom. The topological polar surface area (TPSA) is 67.0 Å². The van der Waals surface area contributed by atoms with Crippen LogP contribution in [-0.2, 0) is 0 Å². The molecule has 0 aliphatic heterocycles. The van der Waals surface area contributed by atoms with E-state index >= 15 is 0 Å². The van der Waals surface area contributed by atoms with Crippen molar-refractivity contribution < 1.29 is 9.53 Å². The highest BCUT2D eigenvalue weighted by Gasteiger charge is 2.16. The largest absolute Gasteiger partial charge is 0.496 e. The van der Waals surface area contributed by atoms with Gasteiger partial charge in [-0.2, -0.15) is 5.10 Å².